The minimum absolute atomic E-state index is 0.00655. The normalized spacial score (nSPS) is 18.4. The molecule has 2 rings (SSSR count). The number of carbonyl (C=O) groups is 1. The number of nitrogen functional groups attached to an aromatic ring is 1. The van der Waals surface area contributed by atoms with Crippen LogP contribution in [0.5, 0.6) is 0 Å². The summed E-state index contributed by atoms with van der Waals surface area (Å²) in [5.74, 6) is 0.334. The van der Waals surface area contributed by atoms with Gasteiger partial charge < -0.3 is 16.0 Å². The lowest BCUT2D eigenvalue weighted by atomic mass is 9.93. The molecule has 1 aromatic heterocycles. The molecular formula is C11H18N4OS. The lowest BCUT2D eigenvalue weighted by molar-refractivity contribution is 0.0784. The van der Waals surface area contributed by atoms with Crippen molar-refractivity contribution >= 4 is 28.2 Å². The third kappa shape index (κ3) is 2.36. The molecule has 0 radical (unpaired) electrons. The molecule has 17 heavy (non-hydrogen) atoms. The van der Waals surface area contributed by atoms with Gasteiger partial charge in [0.2, 0.25) is 0 Å². The average Bonchev–Trinajstić information content (AvgIpc) is 2.80. The molecule has 0 unspecified atom stereocenters. The van der Waals surface area contributed by atoms with Gasteiger partial charge >= 0.3 is 0 Å². The van der Waals surface area contributed by atoms with E-state index in [4.69, 9.17) is 5.73 Å². The van der Waals surface area contributed by atoms with Gasteiger partial charge in [0, 0.05) is 20.1 Å². The first kappa shape index (κ1) is 12.2. The number of anilines is 2. The SMILES string of the molecule is CNc1nc(N)c(C(=O)N2CCC(C)(C)C2)s1. The Kier molecular flexibility index (Phi) is 2.99. The second-order valence-electron chi connectivity index (χ2n) is 5.12. The van der Waals surface area contributed by atoms with Crippen molar-refractivity contribution in [1.29, 1.82) is 0 Å². The molecule has 1 fully saturated rings. The molecule has 0 saturated carbocycles. The molecule has 1 saturated heterocycles. The summed E-state index contributed by atoms with van der Waals surface area (Å²) in [6.07, 6.45) is 1.04. The van der Waals surface area contributed by atoms with Gasteiger partial charge in [0.1, 0.15) is 10.7 Å². The third-order valence-electron chi connectivity index (χ3n) is 3.03. The number of hydrogen-bond donors (Lipinski definition) is 2. The van der Waals surface area contributed by atoms with E-state index < -0.39 is 0 Å². The zero-order chi connectivity index (χ0) is 12.6. The highest BCUT2D eigenvalue weighted by atomic mass is 32.1. The number of nitrogens with one attached hydrogen (secondary N) is 1. The summed E-state index contributed by atoms with van der Waals surface area (Å²) in [5, 5.41) is 3.59. The van der Waals surface area contributed by atoms with Crippen LogP contribution in [0.15, 0.2) is 0 Å². The van der Waals surface area contributed by atoms with Crippen molar-refractivity contribution in [3.05, 3.63) is 4.88 Å². The highest BCUT2D eigenvalue weighted by Crippen LogP contribution is 2.32. The first-order chi connectivity index (χ1) is 7.93. The number of rotatable bonds is 2. The number of carbonyl (C=O) groups excluding carboxylic acids is 1. The topological polar surface area (TPSA) is 71.2 Å². The van der Waals surface area contributed by atoms with E-state index in [2.05, 4.69) is 24.1 Å². The van der Waals surface area contributed by atoms with Crippen LogP contribution in [0.4, 0.5) is 10.9 Å². The molecule has 1 aromatic rings. The molecule has 0 bridgehead atoms. The van der Waals surface area contributed by atoms with Crippen LogP contribution < -0.4 is 11.1 Å². The number of hydrogen-bond acceptors (Lipinski definition) is 5. The van der Waals surface area contributed by atoms with Crippen LogP contribution in [-0.4, -0.2) is 35.9 Å². The maximum Gasteiger partial charge on any atom is 0.267 e. The van der Waals surface area contributed by atoms with Gasteiger partial charge in [0.05, 0.1) is 0 Å². The standard InChI is InChI=1S/C11H18N4OS/c1-11(2)4-5-15(6-11)9(16)7-8(12)14-10(13-3)17-7/h4-6,12H2,1-3H3,(H,13,14). The summed E-state index contributed by atoms with van der Waals surface area (Å²) < 4.78 is 0. The van der Waals surface area contributed by atoms with Crippen molar-refractivity contribution in [2.45, 2.75) is 20.3 Å². The van der Waals surface area contributed by atoms with Crippen molar-refractivity contribution in [1.82, 2.24) is 9.88 Å². The van der Waals surface area contributed by atoms with Gasteiger partial charge in [-0.2, -0.15) is 0 Å². The quantitative estimate of drug-likeness (QED) is 0.841. The van der Waals surface area contributed by atoms with Crippen LogP contribution in [0.25, 0.3) is 0 Å². The Morgan fingerprint density at radius 2 is 2.29 bits per heavy atom. The number of amides is 1. The van der Waals surface area contributed by atoms with Crippen LogP contribution in [0.1, 0.15) is 29.9 Å². The molecule has 0 atom stereocenters. The van der Waals surface area contributed by atoms with Crippen LogP contribution in [-0.2, 0) is 0 Å². The predicted molar refractivity (Wildman–Crippen MR) is 70.4 cm³/mol. The molecule has 1 aliphatic heterocycles. The highest BCUT2D eigenvalue weighted by Gasteiger charge is 2.33. The van der Waals surface area contributed by atoms with Crippen molar-refractivity contribution in [2.24, 2.45) is 5.41 Å². The number of nitrogens with two attached hydrogens (primary N) is 1. The van der Waals surface area contributed by atoms with Crippen molar-refractivity contribution < 1.29 is 4.79 Å². The molecule has 1 aliphatic rings. The van der Waals surface area contributed by atoms with Gasteiger partial charge in [0.15, 0.2) is 5.13 Å². The maximum atomic E-state index is 12.3. The van der Waals surface area contributed by atoms with E-state index in [1.54, 1.807) is 7.05 Å². The zero-order valence-corrected chi connectivity index (χ0v) is 11.2. The summed E-state index contributed by atoms with van der Waals surface area (Å²) in [4.78, 5) is 18.8. The Bertz CT molecular complexity index is 441. The number of likely N-dealkylation sites (tertiary alicyclic amines) is 1. The Hall–Kier alpha value is -1.30. The van der Waals surface area contributed by atoms with E-state index in [1.807, 2.05) is 4.90 Å². The minimum atomic E-state index is 0.00655. The highest BCUT2D eigenvalue weighted by molar-refractivity contribution is 7.18. The second kappa shape index (κ2) is 4.18. The average molecular weight is 254 g/mol. The molecule has 6 heteroatoms. The number of thiazole rings is 1. The minimum Gasteiger partial charge on any atom is -0.382 e. The van der Waals surface area contributed by atoms with Gasteiger partial charge in [0.25, 0.3) is 5.91 Å². The number of aromatic nitrogens is 1. The molecule has 3 N–H and O–H groups in total. The Labute approximate surface area is 105 Å². The van der Waals surface area contributed by atoms with E-state index in [-0.39, 0.29) is 11.3 Å². The smallest absolute Gasteiger partial charge is 0.267 e. The fraction of sp³-hybridized carbons (Fsp3) is 0.636. The van der Waals surface area contributed by atoms with E-state index in [1.165, 1.54) is 11.3 Å². The summed E-state index contributed by atoms with van der Waals surface area (Å²) >= 11 is 1.32. The maximum absolute atomic E-state index is 12.3. The fourth-order valence-corrected chi connectivity index (χ4v) is 2.83. The molecule has 0 aromatic carbocycles. The van der Waals surface area contributed by atoms with Crippen LogP contribution in [0.2, 0.25) is 0 Å². The summed E-state index contributed by atoms with van der Waals surface area (Å²) in [5.41, 5.74) is 5.97. The molecule has 94 valence electrons. The third-order valence-corrected chi connectivity index (χ3v) is 4.10. The Morgan fingerprint density at radius 1 is 1.59 bits per heavy atom. The summed E-state index contributed by atoms with van der Waals surface area (Å²) in [6.45, 7) is 5.95. The summed E-state index contributed by atoms with van der Waals surface area (Å²) in [6, 6.07) is 0. The van der Waals surface area contributed by atoms with E-state index in [0.29, 0.717) is 15.8 Å². The van der Waals surface area contributed by atoms with Crippen LogP contribution in [0.3, 0.4) is 0 Å². The molecule has 2 heterocycles. The molecular weight excluding hydrogens is 236 g/mol. The van der Waals surface area contributed by atoms with Gasteiger partial charge in [-0.1, -0.05) is 25.2 Å². The first-order valence-corrected chi connectivity index (χ1v) is 6.48. The van der Waals surface area contributed by atoms with Gasteiger partial charge in [-0.15, -0.1) is 0 Å². The van der Waals surface area contributed by atoms with Crippen molar-refractivity contribution in [3.8, 4) is 0 Å². The van der Waals surface area contributed by atoms with E-state index in [0.717, 1.165) is 19.5 Å². The predicted octanol–water partition coefficient (Wildman–Crippen LogP) is 1.64. The lowest BCUT2D eigenvalue weighted by Gasteiger charge is -2.19. The Balaban J connectivity index is 2.17. The van der Waals surface area contributed by atoms with E-state index in [9.17, 15) is 4.79 Å². The second-order valence-corrected chi connectivity index (χ2v) is 6.12. The van der Waals surface area contributed by atoms with E-state index >= 15 is 0 Å². The lowest BCUT2D eigenvalue weighted by Crippen LogP contribution is -2.30. The van der Waals surface area contributed by atoms with Gasteiger partial charge in [-0.3, -0.25) is 4.79 Å². The first-order valence-electron chi connectivity index (χ1n) is 5.66. The largest absolute Gasteiger partial charge is 0.382 e. The van der Waals surface area contributed by atoms with Crippen molar-refractivity contribution in [3.63, 3.8) is 0 Å². The molecule has 1 amide bonds. The van der Waals surface area contributed by atoms with Gasteiger partial charge in [-0.25, -0.2) is 4.98 Å². The molecule has 0 spiro atoms. The molecule has 5 nitrogen and oxygen atoms in total. The van der Waals surface area contributed by atoms with Crippen LogP contribution >= 0.6 is 11.3 Å². The zero-order valence-electron chi connectivity index (χ0n) is 10.4. The Morgan fingerprint density at radius 3 is 2.76 bits per heavy atom. The molecule has 0 aliphatic carbocycles. The fourth-order valence-electron chi connectivity index (χ4n) is 2.02. The monoisotopic (exact) mass is 254 g/mol. The number of nitrogens with zero attached hydrogens (tertiary/aromatic N) is 2. The summed E-state index contributed by atoms with van der Waals surface area (Å²) in [7, 11) is 1.77. The van der Waals surface area contributed by atoms with Crippen molar-refractivity contribution in [2.75, 3.05) is 31.2 Å². The van der Waals surface area contributed by atoms with Crippen LogP contribution in [0, 0.1) is 5.41 Å². The van der Waals surface area contributed by atoms with Gasteiger partial charge in [-0.05, 0) is 11.8 Å².